The number of carbonyl (C=O) groups is 2. The lowest BCUT2D eigenvalue weighted by Gasteiger charge is -2.10. The average Bonchev–Trinajstić information content (AvgIpc) is 3.61. The molecule has 7 aromatic rings. The molecule has 3 aromatic carbocycles. The van der Waals surface area contributed by atoms with Crippen LogP contribution >= 0.6 is 0 Å². The van der Waals surface area contributed by atoms with E-state index >= 15 is 0 Å². The second-order valence-corrected chi connectivity index (χ2v) is 10.5. The molecule has 49 heavy (non-hydrogen) atoms. The van der Waals surface area contributed by atoms with Crippen LogP contribution in [0.15, 0.2) is 138 Å². The minimum atomic E-state index is -1.22. The number of aromatic carboxylic acids is 1. The molecule has 4 aromatic heterocycles. The number of ether oxygens (including phenoxy) is 1. The van der Waals surface area contributed by atoms with Crippen LogP contribution in [0.3, 0.4) is 0 Å². The summed E-state index contributed by atoms with van der Waals surface area (Å²) >= 11 is 0. The van der Waals surface area contributed by atoms with Crippen molar-refractivity contribution in [3.63, 3.8) is 0 Å². The highest BCUT2D eigenvalue weighted by molar-refractivity contribution is 6.04. The van der Waals surface area contributed by atoms with Crippen LogP contribution in [0.4, 0.5) is 10.1 Å². The molecular formula is C37H26FN5O6. The van der Waals surface area contributed by atoms with E-state index in [-0.39, 0.29) is 22.6 Å². The summed E-state index contributed by atoms with van der Waals surface area (Å²) in [4.78, 5) is 59.1. The number of hydrogen-bond donors (Lipinski definition) is 5. The highest BCUT2D eigenvalue weighted by Gasteiger charge is 2.15. The monoisotopic (exact) mass is 655 g/mol. The van der Waals surface area contributed by atoms with Crippen LogP contribution in [0.5, 0.6) is 11.5 Å². The standard InChI is InChI=1S/C25H17FN4O3.C12H9NO3/c26-20-13-17(6-7-22(20)33-21-9-11-28-23-18(21)8-10-27-23)30-25(32)19-12-16(14-29-24(19)31)15-4-2-1-3-5-15;14-11-10(12(15)16)6-9(7-13-11)8-4-2-1-3-5-8/h1-14H,(H,27,28)(H,29,31)(H,30,32);1-7H,(H,13,14)(H,15,16). The molecule has 5 N–H and O–H groups in total. The molecule has 4 heterocycles. The largest absolute Gasteiger partial charge is 0.477 e. The van der Waals surface area contributed by atoms with Gasteiger partial charge in [-0.2, -0.15) is 0 Å². The smallest absolute Gasteiger partial charge is 0.341 e. The molecule has 0 aliphatic carbocycles. The number of carbonyl (C=O) groups excluding carboxylic acids is 1. The molecule has 0 saturated heterocycles. The van der Waals surface area contributed by atoms with Crippen molar-refractivity contribution in [2.24, 2.45) is 0 Å². The predicted octanol–water partition coefficient (Wildman–Crippen LogP) is 6.84. The number of carboxylic acid groups (broad SMARTS) is 1. The molecule has 0 bridgehead atoms. The highest BCUT2D eigenvalue weighted by atomic mass is 19.1. The Morgan fingerprint density at radius 2 is 1.31 bits per heavy atom. The van der Waals surface area contributed by atoms with Gasteiger partial charge in [0.05, 0.1) is 5.39 Å². The number of hydrogen-bond acceptors (Lipinski definition) is 6. The summed E-state index contributed by atoms with van der Waals surface area (Å²) in [5.74, 6) is -2.10. The number of benzene rings is 3. The third-order valence-electron chi connectivity index (χ3n) is 7.33. The molecule has 242 valence electrons. The van der Waals surface area contributed by atoms with Gasteiger partial charge < -0.3 is 30.1 Å². The van der Waals surface area contributed by atoms with Gasteiger partial charge in [0.1, 0.15) is 22.5 Å². The molecule has 0 atom stereocenters. The fourth-order valence-electron chi connectivity index (χ4n) is 4.89. The summed E-state index contributed by atoms with van der Waals surface area (Å²) in [5, 5.41) is 12.1. The Bertz CT molecular complexity index is 2400. The van der Waals surface area contributed by atoms with Crippen molar-refractivity contribution >= 4 is 28.6 Å². The molecule has 0 unspecified atom stereocenters. The number of rotatable bonds is 7. The van der Waals surface area contributed by atoms with Gasteiger partial charge in [0.15, 0.2) is 11.6 Å². The van der Waals surface area contributed by atoms with Crippen LogP contribution in [0, 0.1) is 5.82 Å². The summed E-state index contributed by atoms with van der Waals surface area (Å²) < 4.78 is 20.4. The predicted molar refractivity (Wildman–Crippen MR) is 182 cm³/mol. The molecule has 0 radical (unpaired) electrons. The summed E-state index contributed by atoms with van der Waals surface area (Å²) in [5.41, 5.74) is 2.43. The maximum absolute atomic E-state index is 14.7. The normalized spacial score (nSPS) is 10.6. The van der Waals surface area contributed by atoms with Gasteiger partial charge in [-0.1, -0.05) is 60.7 Å². The number of nitrogens with zero attached hydrogens (tertiary/aromatic N) is 1. The van der Waals surface area contributed by atoms with E-state index in [0.717, 1.165) is 17.2 Å². The average molecular weight is 656 g/mol. The number of amides is 1. The summed E-state index contributed by atoms with van der Waals surface area (Å²) in [6.07, 6.45) is 6.32. The van der Waals surface area contributed by atoms with Crippen molar-refractivity contribution in [1.29, 1.82) is 0 Å². The molecule has 11 nitrogen and oxygen atoms in total. The lowest BCUT2D eigenvalue weighted by molar-refractivity contribution is 0.0694. The lowest BCUT2D eigenvalue weighted by Crippen LogP contribution is -2.23. The van der Waals surface area contributed by atoms with E-state index in [1.54, 1.807) is 30.7 Å². The zero-order valence-electron chi connectivity index (χ0n) is 25.4. The van der Waals surface area contributed by atoms with Crippen LogP contribution in [0.25, 0.3) is 33.3 Å². The second-order valence-electron chi connectivity index (χ2n) is 10.5. The first kappa shape index (κ1) is 31.9. The zero-order chi connectivity index (χ0) is 34.3. The van der Waals surface area contributed by atoms with Gasteiger partial charge in [-0.3, -0.25) is 14.4 Å². The van der Waals surface area contributed by atoms with E-state index in [2.05, 4.69) is 25.3 Å². The number of anilines is 1. The number of aromatic amines is 3. The van der Waals surface area contributed by atoms with Crippen LogP contribution in [-0.4, -0.2) is 36.9 Å². The van der Waals surface area contributed by atoms with Gasteiger partial charge in [0.25, 0.3) is 17.0 Å². The number of aromatic nitrogens is 4. The Kier molecular flexibility index (Phi) is 9.20. The lowest BCUT2D eigenvalue weighted by atomic mass is 10.1. The van der Waals surface area contributed by atoms with Gasteiger partial charge in [0.2, 0.25) is 0 Å². The molecule has 0 aliphatic heterocycles. The van der Waals surface area contributed by atoms with E-state index in [1.165, 1.54) is 30.5 Å². The maximum Gasteiger partial charge on any atom is 0.341 e. The third kappa shape index (κ3) is 7.34. The number of fused-ring (bicyclic) bond motifs is 1. The van der Waals surface area contributed by atoms with Gasteiger partial charge in [-0.15, -0.1) is 0 Å². The molecule has 7 rings (SSSR count). The molecule has 0 saturated carbocycles. The van der Waals surface area contributed by atoms with E-state index in [0.29, 0.717) is 27.9 Å². The van der Waals surface area contributed by atoms with Crippen LogP contribution in [0.1, 0.15) is 20.7 Å². The quantitative estimate of drug-likeness (QED) is 0.125. The van der Waals surface area contributed by atoms with Crippen molar-refractivity contribution in [3.8, 4) is 33.8 Å². The minimum absolute atomic E-state index is 0.00868. The Morgan fingerprint density at radius 1 is 0.694 bits per heavy atom. The first-order valence-corrected chi connectivity index (χ1v) is 14.8. The Labute approximate surface area is 276 Å². The maximum atomic E-state index is 14.7. The van der Waals surface area contributed by atoms with Crippen molar-refractivity contribution in [1.82, 2.24) is 19.9 Å². The molecule has 0 fully saturated rings. The van der Waals surface area contributed by atoms with Crippen LogP contribution in [0.2, 0.25) is 0 Å². The van der Waals surface area contributed by atoms with Gasteiger partial charge in [0, 0.05) is 36.5 Å². The van der Waals surface area contributed by atoms with Crippen molar-refractivity contribution in [3.05, 3.63) is 166 Å². The topological polar surface area (TPSA) is 170 Å². The Hall–Kier alpha value is -7.08. The van der Waals surface area contributed by atoms with Crippen LogP contribution < -0.4 is 21.2 Å². The van der Waals surface area contributed by atoms with Crippen LogP contribution in [-0.2, 0) is 0 Å². The summed E-state index contributed by atoms with van der Waals surface area (Å²) in [6.45, 7) is 0. The molecule has 12 heteroatoms. The summed E-state index contributed by atoms with van der Waals surface area (Å²) in [7, 11) is 0. The van der Waals surface area contributed by atoms with Gasteiger partial charge in [-0.05, 0) is 58.7 Å². The van der Waals surface area contributed by atoms with Gasteiger partial charge in [-0.25, -0.2) is 14.2 Å². The van der Waals surface area contributed by atoms with E-state index in [9.17, 15) is 23.6 Å². The molecule has 0 aliphatic rings. The minimum Gasteiger partial charge on any atom is -0.477 e. The highest BCUT2D eigenvalue weighted by Crippen LogP contribution is 2.31. The van der Waals surface area contributed by atoms with Crippen molar-refractivity contribution in [2.45, 2.75) is 0 Å². The van der Waals surface area contributed by atoms with Crippen molar-refractivity contribution in [2.75, 3.05) is 5.32 Å². The van der Waals surface area contributed by atoms with E-state index in [4.69, 9.17) is 9.84 Å². The first-order valence-electron chi connectivity index (χ1n) is 14.8. The van der Waals surface area contributed by atoms with Gasteiger partial charge >= 0.3 is 5.97 Å². The Balaban J connectivity index is 0.000000218. The number of pyridine rings is 3. The Morgan fingerprint density at radius 3 is 1.92 bits per heavy atom. The number of nitrogens with one attached hydrogen (secondary N) is 4. The molecular weight excluding hydrogens is 629 g/mol. The fourth-order valence-corrected chi connectivity index (χ4v) is 4.89. The second kappa shape index (κ2) is 14.1. The summed E-state index contributed by atoms with van der Waals surface area (Å²) in [6, 6.07) is 28.9. The number of halogens is 1. The van der Waals surface area contributed by atoms with E-state index < -0.39 is 28.8 Å². The number of carboxylic acids is 1. The SMILES string of the molecule is O=C(Nc1ccc(Oc2ccnc3[nH]ccc23)c(F)c1)c1cc(-c2ccccc2)c[nH]c1=O.O=C(O)c1cc(-c2ccccc2)c[nH]c1=O. The van der Waals surface area contributed by atoms with Crippen molar-refractivity contribution < 1.29 is 23.8 Å². The molecule has 1 amide bonds. The van der Waals surface area contributed by atoms with E-state index in [1.807, 2.05) is 60.7 Å². The number of H-pyrrole nitrogens is 3. The zero-order valence-corrected chi connectivity index (χ0v) is 25.4. The third-order valence-corrected chi connectivity index (χ3v) is 7.33. The fraction of sp³-hybridized carbons (Fsp3) is 0. The first-order chi connectivity index (χ1) is 23.8. The molecule has 0 spiro atoms.